The van der Waals surface area contributed by atoms with Gasteiger partial charge in [0.2, 0.25) is 5.82 Å². The molecule has 2 N–H and O–H groups in total. The van der Waals surface area contributed by atoms with Crippen LogP contribution in [0.15, 0.2) is 47.0 Å². The van der Waals surface area contributed by atoms with Crippen molar-refractivity contribution in [3.05, 3.63) is 47.5 Å². The van der Waals surface area contributed by atoms with Gasteiger partial charge in [0, 0.05) is 5.56 Å². The summed E-state index contributed by atoms with van der Waals surface area (Å²) in [5, 5.41) is 23.2. The van der Waals surface area contributed by atoms with E-state index < -0.39 is 0 Å². The van der Waals surface area contributed by atoms with Crippen LogP contribution in [0, 0.1) is 0 Å². The van der Waals surface area contributed by atoms with Crippen LogP contribution >= 0.6 is 11.6 Å². The lowest BCUT2D eigenvalue weighted by Gasteiger charge is -1.98. The SMILES string of the molecule is Oc1cccc(-c2noc(-c3cc(O)ccc3Cl)n2)c1. The molecule has 0 amide bonds. The van der Waals surface area contributed by atoms with E-state index in [1.165, 1.54) is 18.2 Å². The number of benzene rings is 2. The second-order valence-corrected chi connectivity index (χ2v) is 4.54. The Bertz CT molecular complexity index is 771. The third-order valence-electron chi connectivity index (χ3n) is 2.71. The lowest BCUT2D eigenvalue weighted by atomic mass is 10.2. The number of nitrogens with zero attached hydrogens (tertiary/aromatic N) is 2. The standard InChI is InChI=1S/C14H9ClN2O3/c15-12-5-4-10(19)7-11(12)14-16-13(17-20-14)8-2-1-3-9(18)6-8/h1-7,18-19H. The largest absolute Gasteiger partial charge is 0.508 e. The van der Waals surface area contributed by atoms with Gasteiger partial charge in [0.25, 0.3) is 5.89 Å². The van der Waals surface area contributed by atoms with Gasteiger partial charge in [-0.05, 0) is 30.3 Å². The van der Waals surface area contributed by atoms with Crippen LogP contribution in [0.4, 0.5) is 0 Å². The van der Waals surface area contributed by atoms with Gasteiger partial charge in [-0.2, -0.15) is 4.98 Å². The lowest BCUT2D eigenvalue weighted by molar-refractivity contribution is 0.431. The molecule has 3 rings (SSSR count). The number of rotatable bonds is 2. The fourth-order valence-corrected chi connectivity index (χ4v) is 1.97. The number of aromatic nitrogens is 2. The van der Waals surface area contributed by atoms with Gasteiger partial charge in [-0.1, -0.05) is 28.9 Å². The molecule has 20 heavy (non-hydrogen) atoms. The minimum atomic E-state index is 0.0569. The van der Waals surface area contributed by atoms with E-state index in [0.29, 0.717) is 22.0 Å². The number of halogens is 1. The van der Waals surface area contributed by atoms with Crippen molar-refractivity contribution in [1.82, 2.24) is 10.1 Å². The smallest absolute Gasteiger partial charge is 0.259 e. The third-order valence-corrected chi connectivity index (χ3v) is 3.04. The molecule has 0 unspecified atom stereocenters. The highest BCUT2D eigenvalue weighted by Gasteiger charge is 2.14. The predicted octanol–water partition coefficient (Wildman–Crippen LogP) is 3.47. The van der Waals surface area contributed by atoms with Crippen molar-refractivity contribution >= 4 is 11.6 Å². The Morgan fingerprint density at radius 2 is 1.80 bits per heavy atom. The van der Waals surface area contributed by atoms with Crippen molar-refractivity contribution in [3.8, 4) is 34.3 Å². The molecule has 2 aromatic carbocycles. The zero-order valence-electron chi connectivity index (χ0n) is 10.1. The van der Waals surface area contributed by atoms with E-state index in [0.717, 1.165) is 0 Å². The first-order chi connectivity index (χ1) is 9.63. The van der Waals surface area contributed by atoms with Crippen LogP contribution in [0.25, 0.3) is 22.8 Å². The maximum Gasteiger partial charge on any atom is 0.259 e. The van der Waals surface area contributed by atoms with Gasteiger partial charge in [-0.25, -0.2) is 0 Å². The fraction of sp³-hybridized carbons (Fsp3) is 0. The molecule has 0 saturated heterocycles. The average Bonchev–Trinajstić information content (AvgIpc) is 2.91. The summed E-state index contributed by atoms with van der Waals surface area (Å²) in [6, 6.07) is 11.0. The molecule has 6 heteroatoms. The number of hydrogen-bond acceptors (Lipinski definition) is 5. The van der Waals surface area contributed by atoms with E-state index >= 15 is 0 Å². The van der Waals surface area contributed by atoms with Crippen molar-refractivity contribution in [2.24, 2.45) is 0 Å². The number of hydrogen-bond donors (Lipinski definition) is 2. The van der Waals surface area contributed by atoms with E-state index in [2.05, 4.69) is 10.1 Å². The van der Waals surface area contributed by atoms with E-state index in [1.807, 2.05) is 0 Å². The van der Waals surface area contributed by atoms with Crippen molar-refractivity contribution < 1.29 is 14.7 Å². The first kappa shape index (κ1) is 12.5. The summed E-state index contributed by atoms with van der Waals surface area (Å²) in [5.41, 5.74) is 1.07. The molecule has 0 aliphatic carbocycles. The molecule has 5 nitrogen and oxygen atoms in total. The minimum Gasteiger partial charge on any atom is -0.508 e. The van der Waals surface area contributed by atoms with Crippen LogP contribution in [-0.2, 0) is 0 Å². The van der Waals surface area contributed by atoms with Gasteiger partial charge in [0.1, 0.15) is 11.5 Å². The van der Waals surface area contributed by atoms with Gasteiger partial charge in [0.15, 0.2) is 0 Å². The second kappa shape index (κ2) is 4.86. The second-order valence-electron chi connectivity index (χ2n) is 4.14. The van der Waals surface area contributed by atoms with Crippen LogP contribution in [0.1, 0.15) is 0 Å². The molecule has 1 aromatic heterocycles. The van der Waals surface area contributed by atoms with E-state index in [-0.39, 0.29) is 17.4 Å². The topological polar surface area (TPSA) is 79.4 Å². The average molecular weight is 289 g/mol. The summed E-state index contributed by atoms with van der Waals surface area (Å²) < 4.78 is 5.14. The summed E-state index contributed by atoms with van der Waals surface area (Å²) in [5.74, 6) is 0.699. The van der Waals surface area contributed by atoms with Crippen LogP contribution in [0.5, 0.6) is 11.5 Å². The van der Waals surface area contributed by atoms with Gasteiger partial charge >= 0.3 is 0 Å². The summed E-state index contributed by atoms with van der Waals surface area (Å²) in [6.07, 6.45) is 0. The molecule has 0 aliphatic heterocycles. The molecular formula is C14H9ClN2O3. The Labute approximate surface area is 119 Å². The Morgan fingerprint density at radius 1 is 1.00 bits per heavy atom. The first-order valence-corrected chi connectivity index (χ1v) is 6.13. The number of phenolic OH excluding ortho intramolecular Hbond substituents is 2. The molecule has 0 atom stereocenters. The minimum absolute atomic E-state index is 0.0569. The van der Waals surface area contributed by atoms with Crippen LogP contribution < -0.4 is 0 Å². The molecule has 0 fully saturated rings. The molecule has 0 radical (unpaired) electrons. The van der Waals surface area contributed by atoms with Gasteiger partial charge in [0.05, 0.1) is 10.6 Å². The van der Waals surface area contributed by atoms with Gasteiger partial charge < -0.3 is 14.7 Å². The normalized spacial score (nSPS) is 10.7. The number of aromatic hydroxyl groups is 2. The first-order valence-electron chi connectivity index (χ1n) is 5.75. The van der Waals surface area contributed by atoms with Crippen molar-refractivity contribution in [3.63, 3.8) is 0 Å². The summed E-state index contributed by atoms with van der Waals surface area (Å²) in [7, 11) is 0. The van der Waals surface area contributed by atoms with Gasteiger partial charge in [-0.3, -0.25) is 0 Å². The molecule has 0 bridgehead atoms. The Morgan fingerprint density at radius 3 is 2.60 bits per heavy atom. The maximum atomic E-state index is 9.48. The molecule has 100 valence electrons. The van der Waals surface area contributed by atoms with Crippen molar-refractivity contribution in [2.45, 2.75) is 0 Å². The van der Waals surface area contributed by atoms with Gasteiger partial charge in [-0.15, -0.1) is 0 Å². The van der Waals surface area contributed by atoms with Crippen LogP contribution in [-0.4, -0.2) is 20.4 Å². The number of phenols is 2. The fourth-order valence-electron chi connectivity index (χ4n) is 1.77. The highest BCUT2D eigenvalue weighted by atomic mass is 35.5. The monoisotopic (exact) mass is 288 g/mol. The van der Waals surface area contributed by atoms with Crippen molar-refractivity contribution in [1.29, 1.82) is 0 Å². The summed E-state index contributed by atoms with van der Waals surface area (Å²) in [6.45, 7) is 0. The quantitative estimate of drug-likeness (QED) is 0.755. The zero-order valence-corrected chi connectivity index (χ0v) is 10.9. The Balaban J connectivity index is 2.04. The summed E-state index contributed by atoms with van der Waals surface area (Å²) >= 11 is 6.03. The molecule has 3 aromatic rings. The highest BCUT2D eigenvalue weighted by Crippen LogP contribution is 2.31. The van der Waals surface area contributed by atoms with E-state index in [9.17, 15) is 10.2 Å². The summed E-state index contributed by atoms with van der Waals surface area (Å²) in [4.78, 5) is 4.21. The van der Waals surface area contributed by atoms with Crippen LogP contribution in [0.2, 0.25) is 5.02 Å². The molecule has 1 heterocycles. The maximum absolute atomic E-state index is 9.48. The Hall–Kier alpha value is -2.53. The Kier molecular flexibility index (Phi) is 3.04. The van der Waals surface area contributed by atoms with Crippen LogP contribution in [0.3, 0.4) is 0 Å². The predicted molar refractivity (Wildman–Crippen MR) is 73.5 cm³/mol. The molecule has 0 spiro atoms. The molecule has 0 aliphatic rings. The molecular weight excluding hydrogens is 280 g/mol. The zero-order chi connectivity index (χ0) is 14.1. The third kappa shape index (κ3) is 2.31. The lowest BCUT2D eigenvalue weighted by Crippen LogP contribution is -1.82. The molecule has 0 saturated carbocycles. The highest BCUT2D eigenvalue weighted by molar-refractivity contribution is 6.33. The van der Waals surface area contributed by atoms with Crippen molar-refractivity contribution in [2.75, 3.05) is 0 Å². The van der Waals surface area contributed by atoms with E-state index in [1.54, 1.807) is 24.3 Å². The van der Waals surface area contributed by atoms with E-state index in [4.69, 9.17) is 16.1 Å².